The number of rotatable bonds is 5. The van der Waals surface area contributed by atoms with Gasteiger partial charge >= 0.3 is 0 Å². The van der Waals surface area contributed by atoms with Crippen molar-refractivity contribution in [2.45, 2.75) is 6.42 Å². The largest absolute Gasteiger partial charge is 0.370 e. The summed E-state index contributed by atoms with van der Waals surface area (Å²) in [6, 6.07) is 14.0. The first-order valence-electron chi connectivity index (χ1n) is 6.76. The van der Waals surface area contributed by atoms with Gasteiger partial charge in [-0.15, -0.1) is 0 Å². The Bertz CT molecular complexity index is 692. The lowest BCUT2D eigenvalue weighted by atomic mass is 10.2. The molecule has 4 nitrogen and oxygen atoms in total. The van der Waals surface area contributed by atoms with E-state index in [2.05, 4.69) is 37.5 Å². The van der Waals surface area contributed by atoms with Crippen molar-refractivity contribution in [3.8, 4) is 5.69 Å². The fourth-order valence-electron chi connectivity index (χ4n) is 2.03. The van der Waals surface area contributed by atoms with Gasteiger partial charge in [0.2, 0.25) is 0 Å². The van der Waals surface area contributed by atoms with Gasteiger partial charge in [0.15, 0.2) is 0 Å². The minimum Gasteiger partial charge on any atom is -0.370 e. The van der Waals surface area contributed by atoms with Crippen LogP contribution in [0.25, 0.3) is 5.69 Å². The Hall–Kier alpha value is -2.14. The molecular weight excluding hydrogens is 328 g/mol. The van der Waals surface area contributed by atoms with E-state index in [9.17, 15) is 0 Å². The molecule has 0 spiro atoms. The first-order valence-corrected chi connectivity index (χ1v) is 7.55. The van der Waals surface area contributed by atoms with E-state index in [1.165, 1.54) is 5.56 Å². The molecular formula is C16H15BrN4. The maximum absolute atomic E-state index is 4.39. The summed E-state index contributed by atoms with van der Waals surface area (Å²) in [5.74, 6) is 0.883. The number of aromatic nitrogens is 3. The summed E-state index contributed by atoms with van der Waals surface area (Å²) in [4.78, 5) is 4.28. The maximum atomic E-state index is 4.39. The van der Waals surface area contributed by atoms with E-state index >= 15 is 0 Å². The van der Waals surface area contributed by atoms with E-state index in [0.29, 0.717) is 0 Å². The molecule has 0 bridgehead atoms. The van der Waals surface area contributed by atoms with Crippen LogP contribution >= 0.6 is 15.9 Å². The highest BCUT2D eigenvalue weighted by Gasteiger charge is 2.01. The molecule has 2 aromatic heterocycles. The SMILES string of the molecule is Brc1ccc(NCCc2cnn(-c3ccccc3)c2)nc1. The molecule has 2 heterocycles. The average Bonchev–Trinajstić information content (AvgIpc) is 2.99. The van der Waals surface area contributed by atoms with Crippen molar-refractivity contribution in [2.24, 2.45) is 0 Å². The van der Waals surface area contributed by atoms with E-state index in [0.717, 1.165) is 28.9 Å². The van der Waals surface area contributed by atoms with Crippen molar-refractivity contribution in [1.29, 1.82) is 0 Å². The van der Waals surface area contributed by atoms with Crippen LogP contribution in [0.4, 0.5) is 5.82 Å². The first-order chi connectivity index (χ1) is 10.3. The lowest BCUT2D eigenvalue weighted by Crippen LogP contribution is -2.05. The van der Waals surface area contributed by atoms with Crippen molar-refractivity contribution in [3.63, 3.8) is 0 Å². The van der Waals surface area contributed by atoms with Crippen LogP contribution in [-0.2, 0) is 6.42 Å². The van der Waals surface area contributed by atoms with Gasteiger partial charge in [-0.1, -0.05) is 18.2 Å². The first kappa shape index (κ1) is 13.8. The quantitative estimate of drug-likeness (QED) is 0.768. The van der Waals surface area contributed by atoms with Gasteiger partial charge in [0.1, 0.15) is 5.82 Å². The topological polar surface area (TPSA) is 42.7 Å². The third kappa shape index (κ3) is 3.70. The predicted molar refractivity (Wildman–Crippen MR) is 87.7 cm³/mol. The average molecular weight is 343 g/mol. The van der Waals surface area contributed by atoms with Crippen molar-refractivity contribution in [1.82, 2.24) is 14.8 Å². The van der Waals surface area contributed by atoms with Crippen molar-refractivity contribution < 1.29 is 0 Å². The van der Waals surface area contributed by atoms with Gasteiger partial charge in [0, 0.05) is 23.4 Å². The van der Waals surface area contributed by atoms with Gasteiger partial charge in [0.05, 0.1) is 11.9 Å². The second-order valence-electron chi connectivity index (χ2n) is 4.67. The highest BCUT2D eigenvalue weighted by Crippen LogP contribution is 2.11. The molecule has 0 aliphatic carbocycles. The zero-order chi connectivity index (χ0) is 14.5. The molecule has 0 saturated carbocycles. The minimum atomic E-state index is 0.828. The standard InChI is InChI=1S/C16H15BrN4/c17-14-6-7-16(19-11-14)18-9-8-13-10-20-21(12-13)15-4-2-1-3-5-15/h1-7,10-12H,8-9H2,(H,18,19). The molecule has 1 aromatic carbocycles. The molecule has 21 heavy (non-hydrogen) atoms. The molecule has 0 unspecified atom stereocenters. The molecule has 3 aromatic rings. The van der Waals surface area contributed by atoms with Crippen LogP contribution in [-0.4, -0.2) is 21.3 Å². The van der Waals surface area contributed by atoms with Crippen LogP contribution in [0.15, 0.2) is 65.5 Å². The molecule has 0 fully saturated rings. The zero-order valence-electron chi connectivity index (χ0n) is 11.4. The second-order valence-corrected chi connectivity index (χ2v) is 5.58. The number of nitrogens with zero attached hydrogens (tertiary/aromatic N) is 3. The van der Waals surface area contributed by atoms with Crippen molar-refractivity contribution in [2.75, 3.05) is 11.9 Å². The third-order valence-corrected chi connectivity index (χ3v) is 3.57. The Balaban J connectivity index is 1.57. The van der Waals surface area contributed by atoms with E-state index in [1.54, 1.807) is 6.20 Å². The Kier molecular flexibility index (Phi) is 4.31. The molecule has 1 N–H and O–H groups in total. The van der Waals surface area contributed by atoms with Crippen LogP contribution in [0.1, 0.15) is 5.56 Å². The minimum absolute atomic E-state index is 0.828. The number of anilines is 1. The number of benzene rings is 1. The van der Waals surface area contributed by atoms with Crippen LogP contribution in [0.2, 0.25) is 0 Å². The highest BCUT2D eigenvalue weighted by atomic mass is 79.9. The molecule has 5 heteroatoms. The Morgan fingerprint density at radius 3 is 2.67 bits per heavy atom. The molecule has 0 amide bonds. The lowest BCUT2D eigenvalue weighted by molar-refractivity contribution is 0.879. The number of para-hydroxylation sites is 1. The number of hydrogen-bond donors (Lipinski definition) is 1. The molecule has 0 aliphatic heterocycles. The molecule has 0 atom stereocenters. The monoisotopic (exact) mass is 342 g/mol. The van der Waals surface area contributed by atoms with Crippen LogP contribution in [0.3, 0.4) is 0 Å². The van der Waals surface area contributed by atoms with Gasteiger partial charge in [-0.2, -0.15) is 5.10 Å². The van der Waals surface area contributed by atoms with Crippen molar-refractivity contribution in [3.05, 3.63) is 71.1 Å². The summed E-state index contributed by atoms with van der Waals surface area (Å²) in [5.41, 5.74) is 2.27. The van der Waals surface area contributed by atoms with E-state index in [-0.39, 0.29) is 0 Å². The summed E-state index contributed by atoms with van der Waals surface area (Å²) in [5, 5.41) is 7.69. The van der Waals surface area contributed by atoms with E-state index in [4.69, 9.17) is 0 Å². The number of nitrogens with one attached hydrogen (secondary N) is 1. The highest BCUT2D eigenvalue weighted by molar-refractivity contribution is 9.10. The Morgan fingerprint density at radius 1 is 1.05 bits per heavy atom. The number of hydrogen-bond acceptors (Lipinski definition) is 3. The summed E-state index contributed by atoms with van der Waals surface area (Å²) in [7, 11) is 0. The second kappa shape index (κ2) is 6.54. The normalized spacial score (nSPS) is 10.5. The lowest BCUT2D eigenvalue weighted by Gasteiger charge is -2.04. The van der Waals surface area contributed by atoms with Gasteiger partial charge in [-0.05, 0) is 52.2 Å². The Labute approximate surface area is 132 Å². The molecule has 0 saturated heterocycles. The van der Waals surface area contributed by atoms with E-state index < -0.39 is 0 Å². The molecule has 0 aliphatic rings. The van der Waals surface area contributed by atoms with Gasteiger partial charge in [-0.3, -0.25) is 0 Å². The predicted octanol–water partition coefficient (Wildman–Crippen LogP) is 3.68. The summed E-state index contributed by atoms with van der Waals surface area (Å²) < 4.78 is 2.88. The Morgan fingerprint density at radius 2 is 1.90 bits per heavy atom. The van der Waals surface area contributed by atoms with Crippen LogP contribution < -0.4 is 5.32 Å². The zero-order valence-corrected chi connectivity index (χ0v) is 13.0. The van der Waals surface area contributed by atoms with Gasteiger partial charge in [-0.25, -0.2) is 9.67 Å². The number of halogens is 1. The molecule has 0 radical (unpaired) electrons. The molecule has 106 valence electrons. The van der Waals surface area contributed by atoms with Crippen LogP contribution in [0.5, 0.6) is 0 Å². The van der Waals surface area contributed by atoms with Gasteiger partial charge < -0.3 is 5.32 Å². The van der Waals surface area contributed by atoms with E-state index in [1.807, 2.05) is 53.3 Å². The molecule has 3 rings (SSSR count). The van der Waals surface area contributed by atoms with Crippen LogP contribution in [0, 0.1) is 0 Å². The summed E-state index contributed by atoms with van der Waals surface area (Å²) in [6.07, 6.45) is 6.66. The third-order valence-electron chi connectivity index (χ3n) is 3.10. The fraction of sp³-hybridized carbons (Fsp3) is 0.125. The van der Waals surface area contributed by atoms with Gasteiger partial charge in [0.25, 0.3) is 0 Å². The summed E-state index contributed by atoms with van der Waals surface area (Å²) >= 11 is 3.37. The fourth-order valence-corrected chi connectivity index (χ4v) is 2.26. The maximum Gasteiger partial charge on any atom is 0.125 e. The number of pyridine rings is 1. The summed E-state index contributed by atoms with van der Waals surface area (Å²) in [6.45, 7) is 0.828. The smallest absolute Gasteiger partial charge is 0.125 e. The van der Waals surface area contributed by atoms with Crippen molar-refractivity contribution >= 4 is 21.7 Å².